The van der Waals surface area contributed by atoms with E-state index >= 15 is 0 Å². The molecule has 2 aliphatic rings. The molecule has 1 unspecified atom stereocenters. The van der Waals surface area contributed by atoms with Crippen LogP contribution >= 0.6 is 0 Å². The Hall–Kier alpha value is -1.93. The highest BCUT2D eigenvalue weighted by atomic mass is 32.2. The van der Waals surface area contributed by atoms with E-state index in [1.165, 1.54) is 4.90 Å². The number of nitrogens with zero attached hydrogens (tertiary/aromatic N) is 2. The van der Waals surface area contributed by atoms with Crippen molar-refractivity contribution in [3.8, 4) is 0 Å². The smallest absolute Gasteiger partial charge is 0.346 e. The predicted molar refractivity (Wildman–Crippen MR) is 83.9 cm³/mol. The molecule has 12 nitrogen and oxygen atoms in total. The fourth-order valence-electron chi connectivity index (χ4n) is 2.61. The average molecular weight is 379 g/mol. The number of hydrogen-bond acceptors (Lipinski definition) is 7. The van der Waals surface area contributed by atoms with Crippen molar-refractivity contribution in [3.63, 3.8) is 0 Å². The number of urea groups is 1. The second-order valence-corrected chi connectivity index (χ2v) is 6.85. The summed E-state index contributed by atoms with van der Waals surface area (Å²) >= 11 is 0. The van der Waals surface area contributed by atoms with E-state index in [9.17, 15) is 18.4 Å². The lowest BCUT2D eigenvalue weighted by Gasteiger charge is -2.29. The summed E-state index contributed by atoms with van der Waals surface area (Å²) in [6.45, 7) is 0.490. The molecule has 0 radical (unpaired) electrons. The zero-order valence-electron chi connectivity index (χ0n) is 13.4. The number of fused-ring (bicyclic) bond motifs is 2. The summed E-state index contributed by atoms with van der Waals surface area (Å²) in [4.78, 5) is 30.6. The SMILES string of the molecule is C=S(=O)([O-])ON1C(=O)N2C[C@H]1CC[C@H]2C(=O)NOCCOCC(N)=[NH2+]. The molecule has 0 saturated carbocycles. The summed E-state index contributed by atoms with van der Waals surface area (Å²) < 4.78 is 31.9. The molecule has 13 heteroatoms. The Morgan fingerprint density at radius 2 is 2.20 bits per heavy atom. The van der Waals surface area contributed by atoms with Crippen molar-refractivity contribution in [2.75, 3.05) is 26.4 Å². The maximum atomic E-state index is 12.2. The largest absolute Gasteiger partial charge is 0.756 e. The molecule has 2 aliphatic heterocycles. The highest BCUT2D eigenvalue weighted by molar-refractivity contribution is 7.90. The molecule has 0 aromatic rings. The normalized spacial score (nSPS) is 24.9. The monoisotopic (exact) mass is 379 g/mol. The summed E-state index contributed by atoms with van der Waals surface area (Å²) in [5.74, 6) is 2.43. The molecule has 2 fully saturated rings. The number of ether oxygens (including phenoxy) is 1. The summed E-state index contributed by atoms with van der Waals surface area (Å²) in [7, 11) is -4.08. The molecule has 0 aromatic heterocycles. The minimum Gasteiger partial charge on any atom is -0.756 e. The number of hydrogen-bond donors (Lipinski definition) is 3. The molecule has 3 atom stereocenters. The van der Waals surface area contributed by atoms with E-state index in [1.807, 2.05) is 0 Å². The van der Waals surface area contributed by atoms with E-state index in [2.05, 4.69) is 15.6 Å². The molecule has 2 bridgehead atoms. The Balaban J connectivity index is 1.81. The van der Waals surface area contributed by atoms with Crippen molar-refractivity contribution in [1.82, 2.24) is 15.4 Å². The molecule has 142 valence electrons. The van der Waals surface area contributed by atoms with Crippen LogP contribution in [-0.4, -0.2) is 80.8 Å². The van der Waals surface area contributed by atoms with Crippen molar-refractivity contribution < 1.29 is 37.6 Å². The topological polar surface area (TPSA) is 172 Å². The van der Waals surface area contributed by atoms with Crippen LogP contribution in [0.15, 0.2) is 0 Å². The molecule has 2 saturated heterocycles. The number of nitrogens with two attached hydrogens (primary N) is 2. The maximum absolute atomic E-state index is 12.2. The molecule has 5 N–H and O–H groups in total. The lowest BCUT2D eigenvalue weighted by atomic mass is 10.0. The van der Waals surface area contributed by atoms with Gasteiger partial charge in [-0.1, -0.05) is 0 Å². The second kappa shape index (κ2) is 7.97. The van der Waals surface area contributed by atoms with Crippen molar-refractivity contribution in [1.29, 1.82) is 0 Å². The van der Waals surface area contributed by atoms with Gasteiger partial charge in [0.25, 0.3) is 11.7 Å². The van der Waals surface area contributed by atoms with Crippen LogP contribution in [0, 0.1) is 0 Å². The highest BCUT2D eigenvalue weighted by Gasteiger charge is 2.48. The molecule has 25 heavy (non-hydrogen) atoms. The molecule has 2 rings (SSSR count). The molecule has 2 heterocycles. The van der Waals surface area contributed by atoms with Gasteiger partial charge < -0.3 is 14.2 Å². The lowest BCUT2D eigenvalue weighted by molar-refractivity contribution is -0.140. The van der Waals surface area contributed by atoms with Gasteiger partial charge in [-0.05, 0) is 18.7 Å². The maximum Gasteiger partial charge on any atom is 0.346 e. The van der Waals surface area contributed by atoms with Crippen LogP contribution in [0.3, 0.4) is 0 Å². The van der Waals surface area contributed by atoms with Crippen LogP contribution in [0.25, 0.3) is 0 Å². The summed E-state index contributed by atoms with van der Waals surface area (Å²) in [6, 6.07) is -1.92. The standard InChI is InChI=1S/C12H21N5O7S/c1-25(20,21)24-17-8-2-3-9(16(6-8)12(17)19)11(18)15-23-5-4-22-7-10(13)14/h8-9H,1-7H2,(H3,13,14)(H,15,18)(H,20,21)/t8-,9+/m1/s1. The van der Waals surface area contributed by atoms with Gasteiger partial charge >= 0.3 is 6.03 Å². The van der Waals surface area contributed by atoms with E-state index in [1.54, 1.807) is 0 Å². The van der Waals surface area contributed by atoms with Crippen molar-refractivity contribution in [2.45, 2.75) is 24.9 Å². The zero-order valence-corrected chi connectivity index (χ0v) is 14.2. The first-order valence-corrected chi connectivity index (χ1v) is 9.00. The van der Waals surface area contributed by atoms with Crippen molar-refractivity contribution >= 4 is 33.7 Å². The first-order chi connectivity index (χ1) is 11.7. The first-order valence-electron chi connectivity index (χ1n) is 7.42. The summed E-state index contributed by atoms with van der Waals surface area (Å²) in [5.41, 5.74) is 7.45. The van der Waals surface area contributed by atoms with Gasteiger partial charge in [0.15, 0.2) is 0 Å². The van der Waals surface area contributed by atoms with Gasteiger partial charge in [-0.15, -0.1) is 0 Å². The van der Waals surface area contributed by atoms with Crippen LogP contribution in [-0.2, 0) is 28.7 Å². The van der Waals surface area contributed by atoms with Crippen LogP contribution < -0.4 is 16.6 Å². The lowest BCUT2D eigenvalue weighted by Crippen LogP contribution is -2.50. The van der Waals surface area contributed by atoms with Gasteiger partial charge in [0.1, 0.15) is 12.6 Å². The number of amidine groups is 1. The van der Waals surface area contributed by atoms with Gasteiger partial charge in [-0.3, -0.25) is 25.0 Å². The van der Waals surface area contributed by atoms with Gasteiger partial charge in [0, 0.05) is 16.6 Å². The second-order valence-electron chi connectivity index (χ2n) is 5.58. The van der Waals surface area contributed by atoms with Crippen LogP contribution in [0.1, 0.15) is 12.8 Å². The first kappa shape index (κ1) is 19.4. The Bertz CT molecular complexity index is 640. The number of amides is 3. The number of carbonyl (C=O) groups excluding carboxylic acids is 2. The van der Waals surface area contributed by atoms with Gasteiger partial charge in [-0.2, -0.15) is 9.35 Å². The third-order valence-corrected chi connectivity index (χ3v) is 3.98. The van der Waals surface area contributed by atoms with E-state index < -0.39 is 34.1 Å². The predicted octanol–water partition coefficient (Wildman–Crippen LogP) is -3.87. The van der Waals surface area contributed by atoms with Gasteiger partial charge in [0.2, 0.25) is 0 Å². The molecule has 3 amide bonds. The van der Waals surface area contributed by atoms with E-state index in [0.717, 1.165) is 5.06 Å². The Morgan fingerprint density at radius 3 is 2.84 bits per heavy atom. The van der Waals surface area contributed by atoms with Gasteiger partial charge in [0.05, 0.1) is 19.3 Å². The third kappa shape index (κ3) is 5.27. The quantitative estimate of drug-likeness (QED) is 0.120. The van der Waals surface area contributed by atoms with Crippen molar-refractivity contribution in [3.05, 3.63) is 0 Å². The fourth-order valence-corrected chi connectivity index (χ4v) is 3.04. The fraction of sp³-hybridized carbons (Fsp3) is 0.667. The summed E-state index contributed by atoms with van der Waals surface area (Å²) in [6.07, 6.45) is 0.752. The Labute approximate surface area is 144 Å². The van der Waals surface area contributed by atoms with Crippen molar-refractivity contribution in [2.24, 2.45) is 5.73 Å². The Kier molecular flexibility index (Phi) is 6.18. The van der Waals surface area contributed by atoms with E-state index in [4.69, 9.17) is 20.7 Å². The van der Waals surface area contributed by atoms with Crippen LogP contribution in [0.5, 0.6) is 0 Å². The Morgan fingerprint density at radius 1 is 1.48 bits per heavy atom. The molecule has 0 aromatic carbocycles. The minimum absolute atomic E-state index is 0.0668. The minimum atomic E-state index is -4.08. The van der Waals surface area contributed by atoms with Crippen LogP contribution in [0.2, 0.25) is 0 Å². The van der Waals surface area contributed by atoms with Crippen LogP contribution in [0.4, 0.5) is 4.79 Å². The number of hydroxylamine groups is 3. The number of piperidine rings is 1. The molecule has 0 aliphatic carbocycles. The van der Waals surface area contributed by atoms with Gasteiger partial charge in [-0.25, -0.2) is 10.3 Å². The third-order valence-electron chi connectivity index (χ3n) is 3.59. The number of nitrogens with one attached hydrogen (secondary N) is 1. The highest BCUT2D eigenvalue weighted by Crippen LogP contribution is 2.30. The average Bonchev–Trinajstić information content (AvgIpc) is 2.74. The zero-order chi connectivity index (χ0) is 18.6. The summed E-state index contributed by atoms with van der Waals surface area (Å²) in [5, 5.41) is 5.96. The molecule has 0 spiro atoms. The molecular formula is C12H21N5O7S. The number of rotatable bonds is 9. The molecular weight excluding hydrogens is 358 g/mol. The van der Waals surface area contributed by atoms with E-state index in [-0.39, 0.29) is 32.2 Å². The van der Waals surface area contributed by atoms with E-state index in [0.29, 0.717) is 12.8 Å². The number of carbonyl (C=O) groups is 2.